The number of carbonyl (C=O) groups is 3. The Morgan fingerprint density at radius 2 is 1.39 bits per heavy atom. The Balaban J connectivity index is 1.46. The number of amides is 2. The van der Waals surface area contributed by atoms with Gasteiger partial charge in [-0.3, -0.25) is 9.59 Å². The highest BCUT2D eigenvalue weighted by atomic mass is 19.1. The normalized spacial score (nSPS) is 15.2. The van der Waals surface area contributed by atoms with Crippen molar-refractivity contribution in [1.29, 1.82) is 0 Å². The minimum absolute atomic E-state index is 0.0230. The van der Waals surface area contributed by atoms with Crippen LogP contribution in [0.15, 0.2) is 24.3 Å². The maximum Gasteiger partial charge on any atom is 0.491 e. The van der Waals surface area contributed by atoms with Crippen molar-refractivity contribution in [3.8, 4) is 0 Å². The number of benzene rings is 2. The van der Waals surface area contributed by atoms with E-state index in [9.17, 15) is 38.3 Å². The third-order valence-electron chi connectivity index (χ3n) is 5.34. The third-order valence-corrected chi connectivity index (χ3v) is 5.34. The van der Waals surface area contributed by atoms with Gasteiger partial charge >= 0.3 is 20.2 Å². The minimum atomic E-state index is -1.68. The highest BCUT2D eigenvalue weighted by Crippen LogP contribution is 2.17. The topological polar surface area (TPSA) is 154 Å². The molecular weight excluding hydrogens is 444 g/mol. The third kappa shape index (κ3) is 4.46. The lowest BCUT2D eigenvalue weighted by atomic mass is 9.78. The fraction of sp³-hybridized carbons (Fsp3) is 0.211. The number of carbonyl (C=O) groups excluding carboxylic acids is 2. The van der Waals surface area contributed by atoms with E-state index in [1.165, 1.54) is 0 Å². The van der Waals surface area contributed by atoms with Gasteiger partial charge in [-0.2, -0.15) is 0 Å². The number of aliphatic carboxylic acids is 1. The maximum atomic E-state index is 14.3. The summed E-state index contributed by atoms with van der Waals surface area (Å²) in [5, 5.41) is 33.1. The summed E-state index contributed by atoms with van der Waals surface area (Å²) in [5.41, 5.74) is 0.148. The number of halogens is 2. The van der Waals surface area contributed by atoms with Crippen molar-refractivity contribution in [3.05, 3.63) is 58.2 Å². The first-order valence-electron chi connectivity index (χ1n) is 9.71. The first-order chi connectivity index (χ1) is 15.7. The summed E-state index contributed by atoms with van der Waals surface area (Å²) in [5.74, 6) is -5.47. The van der Waals surface area contributed by atoms with E-state index in [0.717, 1.165) is 24.3 Å². The van der Waals surface area contributed by atoms with Crippen LogP contribution < -0.4 is 21.6 Å². The Morgan fingerprint density at radius 3 is 1.88 bits per heavy atom. The SMILES string of the molecule is O=C(NCC(NC(=O)c1cc2c(cc1F)COB2O)C(=O)O)c1cc2c(cc1F)COB2O. The van der Waals surface area contributed by atoms with Crippen molar-refractivity contribution < 1.29 is 47.6 Å². The number of fused-ring (bicyclic) bond motifs is 2. The van der Waals surface area contributed by atoms with Gasteiger partial charge in [0.15, 0.2) is 0 Å². The standard InChI is InChI=1S/C19H16B2F2N2O8/c22-14-1-8-6-32-20(30)12(8)3-10(14)17(26)24-5-16(19(28)29)25-18(27)11-4-13-9(2-15(11)23)7-33-21(13)31/h1-4,16,30-31H,5-7H2,(H,24,26)(H,25,27)(H,28,29). The number of hydrogen-bond acceptors (Lipinski definition) is 7. The van der Waals surface area contributed by atoms with Crippen molar-refractivity contribution in [2.24, 2.45) is 0 Å². The number of carboxylic acid groups (broad SMARTS) is 1. The molecular formula is C19H16B2F2N2O8. The summed E-state index contributed by atoms with van der Waals surface area (Å²) in [4.78, 5) is 36.4. The van der Waals surface area contributed by atoms with Gasteiger partial charge in [0.25, 0.3) is 11.8 Å². The van der Waals surface area contributed by atoms with Gasteiger partial charge < -0.3 is 35.1 Å². The van der Waals surface area contributed by atoms with E-state index in [4.69, 9.17) is 9.31 Å². The predicted molar refractivity (Wildman–Crippen MR) is 109 cm³/mol. The molecule has 1 unspecified atom stereocenters. The molecule has 5 N–H and O–H groups in total. The molecule has 10 nitrogen and oxygen atoms in total. The van der Waals surface area contributed by atoms with Gasteiger partial charge in [0.05, 0.1) is 24.3 Å². The zero-order valence-electron chi connectivity index (χ0n) is 16.8. The molecule has 0 fully saturated rings. The van der Waals surface area contributed by atoms with E-state index in [2.05, 4.69) is 10.6 Å². The van der Waals surface area contributed by atoms with E-state index < -0.39 is 67.4 Å². The Labute approximate surface area is 185 Å². The molecule has 2 amide bonds. The van der Waals surface area contributed by atoms with Gasteiger partial charge in [-0.15, -0.1) is 0 Å². The van der Waals surface area contributed by atoms with Crippen LogP contribution in [-0.4, -0.2) is 59.8 Å². The molecule has 33 heavy (non-hydrogen) atoms. The smallest absolute Gasteiger partial charge is 0.480 e. The summed E-state index contributed by atoms with van der Waals surface area (Å²) in [6, 6.07) is 2.52. The van der Waals surface area contributed by atoms with Crippen LogP contribution in [0.3, 0.4) is 0 Å². The Bertz CT molecular complexity index is 1170. The summed E-state index contributed by atoms with van der Waals surface area (Å²) in [6.07, 6.45) is 0. The summed E-state index contributed by atoms with van der Waals surface area (Å²) in [7, 11) is -2.66. The zero-order chi connectivity index (χ0) is 23.9. The molecule has 2 heterocycles. The molecule has 0 radical (unpaired) electrons. The van der Waals surface area contributed by atoms with Crippen molar-refractivity contribution in [2.45, 2.75) is 19.3 Å². The second kappa shape index (κ2) is 8.90. The number of nitrogens with one attached hydrogen (secondary N) is 2. The fourth-order valence-electron chi connectivity index (χ4n) is 3.56. The van der Waals surface area contributed by atoms with Crippen LogP contribution in [0.4, 0.5) is 8.78 Å². The summed E-state index contributed by atoms with van der Waals surface area (Å²) >= 11 is 0. The average molecular weight is 460 g/mol. The molecule has 4 rings (SSSR count). The van der Waals surface area contributed by atoms with Gasteiger partial charge in [-0.1, -0.05) is 0 Å². The van der Waals surface area contributed by atoms with Crippen LogP contribution in [0.1, 0.15) is 31.8 Å². The second-order valence-corrected chi connectivity index (χ2v) is 7.46. The molecule has 0 aliphatic carbocycles. The quantitative estimate of drug-likeness (QED) is 0.311. The summed E-state index contributed by atoms with van der Waals surface area (Å²) < 4.78 is 38.5. The van der Waals surface area contributed by atoms with E-state index in [1.54, 1.807) is 0 Å². The molecule has 14 heteroatoms. The maximum absolute atomic E-state index is 14.3. The fourth-order valence-corrected chi connectivity index (χ4v) is 3.56. The minimum Gasteiger partial charge on any atom is -0.480 e. The monoisotopic (exact) mass is 460 g/mol. The van der Waals surface area contributed by atoms with E-state index in [-0.39, 0.29) is 24.1 Å². The predicted octanol–water partition coefficient (Wildman–Crippen LogP) is -1.99. The Kier molecular flexibility index (Phi) is 6.17. The first kappa shape index (κ1) is 22.9. The van der Waals surface area contributed by atoms with Gasteiger partial charge in [0.2, 0.25) is 0 Å². The molecule has 2 aromatic rings. The molecule has 2 aromatic carbocycles. The molecule has 0 saturated heterocycles. The highest BCUT2D eigenvalue weighted by molar-refractivity contribution is 6.62. The average Bonchev–Trinajstić information content (AvgIpc) is 3.30. The Morgan fingerprint density at radius 1 is 0.909 bits per heavy atom. The zero-order valence-corrected chi connectivity index (χ0v) is 16.8. The molecule has 0 saturated carbocycles. The van der Waals surface area contributed by atoms with Crippen LogP contribution in [-0.2, 0) is 27.3 Å². The largest absolute Gasteiger partial charge is 0.491 e. The van der Waals surface area contributed by atoms with Crippen molar-refractivity contribution in [1.82, 2.24) is 10.6 Å². The molecule has 0 bridgehead atoms. The van der Waals surface area contributed by atoms with Gasteiger partial charge in [-0.25, -0.2) is 13.6 Å². The van der Waals surface area contributed by atoms with Crippen LogP contribution in [0, 0.1) is 11.6 Å². The van der Waals surface area contributed by atoms with Gasteiger partial charge in [-0.05, 0) is 46.3 Å². The first-order valence-corrected chi connectivity index (χ1v) is 9.71. The van der Waals surface area contributed by atoms with Gasteiger partial charge in [0.1, 0.15) is 17.7 Å². The van der Waals surface area contributed by atoms with Gasteiger partial charge in [0, 0.05) is 6.54 Å². The molecule has 1 atom stereocenters. The molecule has 2 aliphatic heterocycles. The Hall–Kier alpha value is -3.32. The second-order valence-electron chi connectivity index (χ2n) is 7.46. The van der Waals surface area contributed by atoms with E-state index in [0.29, 0.717) is 11.1 Å². The van der Waals surface area contributed by atoms with E-state index in [1.807, 2.05) is 0 Å². The lowest BCUT2D eigenvalue weighted by Crippen LogP contribution is -2.49. The number of carboxylic acids is 1. The van der Waals surface area contributed by atoms with Crippen LogP contribution >= 0.6 is 0 Å². The van der Waals surface area contributed by atoms with Crippen LogP contribution in [0.2, 0.25) is 0 Å². The lowest BCUT2D eigenvalue weighted by molar-refractivity contribution is -0.139. The molecule has 0 aromatic heterocycles. The number of hydrogen-bond donors (Lipinski definition) is 5. The van der Waals surface area contributed by atoms with E-state index >= 15 is 0 Å². The van der Waals surface area contributed by atoms with Crippen LogP contribution in [0.5, 0.6) is 0 Å². The molecule has 2 aliphatic rings. The van der Waals surface area contributed by atoms with Crippen LogP contribution in [0.25, 0.3) is 0 Å². The molecule has 0 spiro atoms. The van der Waals surface area contributed by atoms with Crippen molar-refractivity contribution in [2.75, 3.05) is 6.54 Å². The lowest BCUT2D eigenvalue weighted by Gasteiger charge is -2.16. The molecule has 170 valence electrons. The van der Waals surface area contributed by atoms with Crippen molar-refractivity contribution in [3.63, 3.8) is 0 Å². The summed E-state index contributed by atoms with van der Waals surface area (Å²) in [6.45, 7) is -0.708. The number of rotatable bonds is 6. The highest BCUT2D eigenvalue weighted by Gasteiger charge is 2.32. The van der Waals surface area contributed by atoms with Crippen molar-refractivity contribution >= 4 is 42.9 Å².